The Morgan fingerprint density at radius 1 is 1.10 bits per heavy atom. The first-order chi connectivity index (χ1) is 13.9. The molecule has 0 saturated heterocycles. The number of benzene rings is 2. The number of amides is 1. The second-order valence-electron chi connectivity index (χ2n) is 7.37. The van der Waals surface area contributed by atoms with Gasteiger partial charge in [0, 0.05) is 24.3 Å². The van der Waals surface area contributed by atoms with E-state index < -0.39 is 0 Å². The Bertz CT molecular complexity index is 968. The van der Waals surface area contributed by atoms with E-state index in [1.807, 2.05) is 54.7 Å². The molecular weight excluding hydrogens is 367 g/mol. The molecule has 5 nitrogen and oxygen atoms in total. The van der Waals surface area contributed by atoms with E-state index in [2.05, 4.69) is 22.5 Å². The number of aryl methyl sites for hydroxylation is 1. The molecule has 29 heavy (non-hydrogen) atoms. The third-order valence-corrected chi connectivity index (χ3v) is 4.92. The molecule has 1 amide bonds. The highest BCUT2D eigenvalue weighted by Crippen LogP contribution is 2.15. The van der Waals surface area contributed by atoms with Crippen LogP contribution in [0.4, 0.5) is 4.39 Å². The normalized spacial score (nSPS) is 11.1. The van der Waals surface area contributed by atoms with Gasteiger partial charge in [-0.3, -0.25) is 14.4 Å². The molecule has 0 aliphatic rings. The van der Waals surface area contributed by atoms with E-state index in [1.165, 1.54) is 17.7 Å². The second-order valence-corrected chi connectivity index (χ2v) is 7.37. The molecule has 1 aromatic heterocycles. The standard InChI is InChI=1S/C23H27FN4O/c1-17-22(18(2)28(26-17)15-19-8-5-4-6-9-19)13-25-23(29)16-27(3)14-20-10-7-11-21(24)12-20/h4-12H,13-16H2,1-3H3,(H,25,29). The minimum Gasteiger partial charge on any atom is -0.351 e. The number of aromatic nitrogens is 2. The Hall–Kier alpha value is -2.99. The van der Waals surface area contributed by atoms with Crippen molar-refractivity contribution in [2.24, 2.45) is 0 Å². The molecule has 0 aliphatic heterocycles. The zero-order valence-corrected chi connectivity index (χ0v) is 17.2. The van der Waals surface area contributed by atoms with Crippen LogP contribution < -0.4 is 5.32 Å². The van der Waals surface area contributed by atoms with Crippen molar-refractivity contribution in [3.63, 3.8) is 0 Å². The first-order valence-electron chi connectivity index (χ1n) is 9.69. The summed E-state index contributed by atoms with van der Waals surface area (Å²) in [7, 11) is 1.85. The minimum atomic E-state index is -0.265. The Labute approximate surface area is 171 Å². The SMILES string of the molecule is Cc1nn(Cc2ccccc2)c(C)c1CNC(=O)CN(C)Cc1cccc(F)c1. The maximum absolute atomic E-state index is 13.3. The lowest BCUT2D eigenvalue weighted by molar-refractivity contribution is -0.122. The Morgan fingerprint density at radius 2 is 1.83 bits per heavy atom. The van der Waals surface area contributed by atoms with Gasteiger partial charge in [0.2, 0.25) is 5.91 Å². The molecule has 6 heteroatoms. The zero-order valence-electron chi connectivity index (χ0n) is 17.2. The summed E-state index contributed by atoms with van der Waals surface area (Å²) < 4.78 is 15.3. The number of hydrogen-bond acceptors (Lipinski definition) is 3. The van der Waals surface area contributed by atoms with Gasteiger partial charge in [-0.25, -0.2) is 4.39 Å². The quantitative estimate of drug-likeness (QED) is 0.637. The molecule has 0 spiro atoms. The molecule has 1 heterocycles. The van der Waals surface area contributed by atoms with Crippen LogP contribution in [-0.2, 0) is 24.4 Å². The van der Waals surface area contributed by atoms with Gasteiger partial charge in [-0.05, 0) is 44.2 Å². The predicted octanol–water partition coefficient (Wildman–Crippen LogP) is 3.44. The summed E-state index contributed by atoms with van der Waals surface area (Å²) in [5.41, 5.74) is 5.05. The van der Waals surface area contributed by atoms with Crippen molar-refractivity contribution >= 4 is 5.91 Å². The summed E-state index contributed by atoms with van der Waals surface area (Å²) in [6, 6.07) is 16.6. The predicted molar refractivity (Wildman–Crippen MR) is 112 cm³/mol. The van der Waals surface area contributed by atoms with Crippen LogP contribution >= 0.6 is 0 Å². The van der Waals surface area contributed by atoms with E-state index in [1.54, 1.807) is 6.07 Å². The third kappa shape index (κ3) is 5.74. The number of rotatable bonds is 8. The summed E-state index contributed by atoms with van der Waals surface area (Å²) in [5.74, 6) is -0.336. The lowest BCUT2D eigenvalue weighted by Gasteiger charge is -2.16. The number of hydrogen-bond donors (Lipinski definition) is 1. The molecule has 3 aromatic rings. The Balaban J connectivity index is 1.54. The average Bonchev–Trinajstić information content (AvgIpc) is 2.93. The van der Waals surface area contributed by atoms with Gasteiger partial charge in [0.05, 0.1) is 18.8 Å². The van der Waals surface area contributed by atoms with Crippen LogP contribution in [0.3, 0.4) is 0 Å². The number of halogens is 1. The van der Waals surface area contributed by atoms with E-state index >= 15 is 0 Å². The highest BCUT2D eigenvalue weighted by atomic mass is 19.1. The molecule has 0 atom stereocenters. The summed E-state index contributed by atoms with van der Waals surface area (Å²) >= 11 is 0. The molecule has 0 aliphatic carbocycles. The number of likely N-dealkylation sites (N-methyl/N-ethyl adjacent to an activating group) is 1. The van der Waals surface area contributed by atoms with Gasteiger partial charge in [0.15, 0.2) is 0 Å². The maximum atomic E-state index is 13.3. The number of carbonyl (C=O) groups excluding carboxylic acids is 1. The van der Waals surface area contributed by atoms with Gasteiger partial charge >= 0.3 is 0 Å². The van der Waals surface area contributed by atoms with Gasteiger partial charge in [-0.2, -0.15) is 5.10 Å². The Morgan fingerprint density at radius 3 is 2.55 bits per heavy atom. The van der Waals surface area contributed by atoms with Crippen molar-refractivity contribution < 1.29 is 9.18 Å². The van der Waals surface area contributed by atoms with Crippen molar-refractivity contribution in [1.82, 2.24) is 20.0 Å². The third-order valence-electron chi connectivity index (χ3n) is 4.92. The molecule has 1 N–H and O–H groups in total. The largest absolute Gasteiger partial charge is 0.351 e. The average molecular weight is 394 g/mol. The van der Waals surface area contributed by atoms with E-state index in [-0.39, 0.29) is 18.3 Å². The van der Waals surface area contributed by atoms with Crippen LogP contribution in [0.15, 0.2) is 54.6 Å². The van der Waals surface area contributed by atoms with E-state index in [9.17, 15) is 9.18 Å². The number of nitrogens with one attached hydrogen (secondary N) is 1. The van der Waals surface area contributed by atoms with Gasteiger partial charge in [0.1, 0.15) is 5.82 Å². The fourth-order valence-electron chi connectivity index (χ4n) is 3.39. The monoisotopic (exact) mass is 394 g/mol. The van der Waals surface area contributed by atoms with Crippen LogP contribution in [0.2, 0.25) is 0 Å². The summed E-state index contributed by atoms with van der Waals surface area (Å²) in [4.78, 5) is 14.2. The summed E-state index contributed by atoms with van der Waals surface area (Å²) in [5, 5.41) is 7.61. The molecular formula is C23H27FN4O. The van der Waals surface area contributed by atoms with Gasteiger partial charge in [0.25, 0.3) is 0 Å². The van der Waals surface area contributed by atoms with Crippen molar-refractivity contribution in [2.75, 3.05) is 13.6 Å². The van der Waals surface area contributed by atoms with Crippen molar-refractivity contribution in [1.29, 1.82) is 0 Å². The topological polar surface area (TPSA) is 50.2 Å². The van der Waals surface area contributed by atoms with Crippen LogP contribution in [0, 0.1) is 19.7 Å². The van der Waals surface area contributed by atoms with Crippen LogP contribution in [0.5, 0.6) is 0 Å². The smallest absolute Gasteiger partial charge is 0.234 e. The molecule has 3 rings (SSSR count). The van der Waals surface area contributed by atoms with Crippen LogP contribution in [0.1, 0.15) is 28.1 Å². The maximum Gasteiger partial charge on any atom is 0.234 e. The highest BCUT2D eigenvalue weighted by Gasteiger charge is 2.14. The molecule has 0 fully saturated rings. The van der Waals surface area contributed by atoms with Gasteiger partial charge in [-0.1, -0.05) is 42.5 Å². The van der Waals surface area contributed by atoms with Crippen LogP contribution in [0.25, 0.3) is 0 Å². The molecule has 0 bridgehead atoms. The number of nitrogens with zero attached hydrogens (tertiary/aromatic N) is 3. The summed E-state index contributed by atoms with van der Waals surface area (Å²) in [6.07, 6.45) is 0. The molecule has 0 saturated carbocycles. The van der Waals surface area contributed by atoms with E-state index in [4.69, 9.17) is 0 Å². The molecule has 2 aromatic carbocycles. The highest BCUT2D eigenvalue weighted by molar-refractivity contribution is 5.78. The van der Waals surface area contributed by atoms with Crippen LogP contribution in [-0.4, -0.2) is 34.2 Å². The Kier molecular flexibility index (Phi) is 6.77. The molecule has 0 radical (unpaired) electrons. The van der Waals surface area contributed by atoms with Crippen molar-refractivity contribution in [2.45, 2.75) is 33.5 Å². The number of carbonyl (C=O) groups is 1. The summed E-state index contributed by atoms with van der Waals surface area (Å²) in [6.45, 7) is 5.90. The van der Waals surface area contributed by atoms with Gasteiger partial charge < -0.3 is 5.32 Å². The van der Waals surface area contributed by atoms with Crippen molar-refractivity contribution in [3.8, 4) is 0 Å². The first-order valence-corrected chi connectivity index (χ1v) is 9.69. The molecule has 152 valence electrons. The van der Waals surface area contributed by atoms with Gasteiger partial charge in [-0.15, -0.1) is 0 Å². The zero-order chi connectivity index (χ0) is 20.8. The fraction of sp³-hybridized carbons (Fsp3) is 0.304. The second kappa shape index (κ2) is 9.47. The minimum absolute atomic E-state index is 0.0708. The fourth-order valence-corrected chi connectivity index (χ4v) is 3.39. The lowest BCUT2D eigenvalue weighted by Crippen LogP contribution is -2.34. The first kappa shape index (κ1) is 20.7. The molecule has 0 unspecified atom stereocenters. The van der Waals surface area contributed by atoms with E-state index in [0.717, 1.165) is 22.5 Å². The van der Waals surface area contributed by atoms with E-state index in [0.29, 0.717) is 19.6 Å². The lowest BCUT2D eigenvalue weighted by atomic mass is 10.2. The van der Waals surface area contributed by atoms with Crippen molar-refractivity contribution in [3.05, 3.63) is 88.5 Å².